The molecule has 10 heteroatoms. The zero-order chi connectivity index (χ0) is 23.9. The third-order valence-electron chi connectivity index (χ3n) is 6.47. The van der Waals surface area contributed by atoms with E-state index in [-0.39, 0.29) is 12.2 Å². The van der Waals surface area contributed by atoms with Crippen LogP contribution in [0.15, 0.2) is 34.9 Å². The monoisotopic (exact) mass is 482 g/mol. The lowest BCUT2D eigenvalue weighted by Gasteiger charge is -2.16. The Hall–Kier alpha value is -3.08. The van der Waals surface area contributed by atoms with Gasteiger partial charge in [0.05, 0.1) is 12.0 Å². The molecule has 0 radical (unpaired) electrons. The maximum Gasteiger partial charge on any atom is 0.357 e. The number of hydrogen-bond donors (Lipinski definition) is 1. The highest BCUT2D eigenvalue weighted by molar-refractivity contribution is 7.15. The van der Waals surface area contributed by atoms with Gasteiger partial charge in [0, 0.05) is 43.8 Å². The van der Waals surface area contributed by atoms with Crippen molar-refractivity contribution in [1.29, 1.82) is 0 Å². The highest BCUT2D eigenvalue weighted by atomic mass is 32.1. The Morgan fingerprint density at radius 1 is 1.24 bits per heavy atom. The van der Waals surface area contributed by atoms with Crippen LogP contribution in [0.25, 0.3) is 21.8 Å². The number of carbonyl (C=O) groups excluding carboxylic acids is 2. The Bertz CT molecular complexity index is 1230. The van der Waals surface area contributed by atoms with Gasteiger partial charge >= 0.3 is 5.97 Å². The Kier molecular flexibility index (Phi) is 5.97. The summed E-state index contributed by atoms with van der Waals surface area (Å²) in [7, 11) is 3.01. The molecule has 34 heavy (non-hydrogen) atoms. The molecule has 178 valence electrons. The van der Waals surface area contributed by atoms with Crippen molar-refractivity contribution in [3.63, 3.8) is 0 Å². The SMILES string of the molecule is COC(=O)c1nc(-c2cccc(-c3cc([C@]4(O)CCN(C)C4=O)on3)c2)sc1CN1CCCC1. The first-order valence-electron chi connectivity index (χ1n) is 11.3. The summed E-state index contributed by atoms with van der Waals surface area (Å²) in [4.78, 5) is 34.1. The molecule has 9 nitrogen and oxygen atoms in total. The molecule has 0 aliphatic carbocycles. The van der Waals surface area contributed by atoms with E-state index < -0.39 is 17.5 Å². The molecular weight excluding hydrogens is 456 g/mol. The van der Waals surface area contributed by atoms with Crippen molar-refractivity contribution < 1.29 is 24.0 Å². The number of aromatic nitrogens is 2. The molecule has 3 aromatic rings. The highest BCUT2D eigenvalue weighted by Gasteiger charge is 2.48. The minimum atomic E-state index is -1.69. The van der Waals surface area contributed by atoms with Gasteiger partial charge < -0.3 is 19.3 Å². The molecule has 5 rings (SSSR count). The van der Waals surface area contributed by atoms with Crippen molar-refractivity contribution in [3.05, 3.63) is 46.7 Å². The second kappa shape index (κ2) is 8.94. The first-order chi connectivity index (χ1) is 16.4. The lowest BCUT2D eigenvalue weighted by molar-refractivity contribution is -0.144. The van der Waals surface area contributed by atoms with Crippen molar-refractivity contribution in [3.8, 4) is 21.8 Å². The van der Waals surface area contributed by atoms with Gasteiger partial charge in [-0.3, -0.25) is 9.69 Å². The fourth-order valence-corrected chi connectivity index (χ4v) is 5.57. The van der Waals surface area contributed by atoms with Gasteiger partial charge in [0.2, 0.25) is 5.60 Å². The summed E-state index contributed by atoms with van der Waals surface area (Å²) in [5.41, 5.74) is 0.766. The van der Waals surface area contributed by atoms with E-state index in [0.717, 1.165) is 41.9 Å². The fraction of sp³-hybridized carbons (Fsp3) is 0.417. The summed E-state index contributed by atoms with van der Waals surface area (Å²) in [5, 5.41) is 15.7. The average Bonchev–Trinajstić information content (AvgIpc) is 3.65. The average molecular weight is 483 g/mol. The summed E-state index contributed by atoms with van der Waals surface area (Å²) in [6, 6.07) is 9.19. The van der Waals surface area contributed by atoms with E-state index in [1.807, 2.05) is 24.3 Å². The van der Waals surface area contributed by atoms with Crippen molar-refractivity contribution in [1.82, 2.24) is 19.9 Å². The van der Waals surface area contributed by atoms with Gasteiger partial charge in [-0.15, -0.1) is 11.3 Å². The predicted molar refractivity (Wildman–Crippen MR) is 125 cm³/mol. The minimum absolute atomic E-state index is 0.136. The Balaban J connectivity index is 1.45. The van der Waals surface area contributed by atoms with Crippen LogP contribution in [0.3, 0.4) is 0 Å². The van der Waals surface area contributed by atoms with Gasteiger partial charge in [-0.2, -0.15) is 0 Å². The van der Waals surface area contributed by atoms with E-state index in [9.17, 15) is 14.7 Å². The molecule has 0 saturated carbocycles. The molecule has 0 spiro atoms. The van der Waals surface area contributed by atoms with E-state index in [1.54, 1.807) is 13.1 Å². The molecular formula is C24H26N4O5S. The van der Waals surface area contributed by atoms with Crippen molar-refractivity contribution in [2.24, 2.45) is 0 Å². The molecule has 2 aliphatic rings. The summed E-state index contributed by atoms with van der Waals surface area (Å²) in [6.45, 7) is 3.16. The van der Waals surface area contributed by atoms with Crippen molar-refractivity contribution in [2.45, 2.75) is 31.4 Å². The largest absolute Gasteiger partial charge is 0.464 e. The number of amides is 1. The van der Waals surface area contributed by atoms with Crippen LogP contribution in [0.4, 0.5) is 0 Å². The number of aliphatic hydroxyl groups is 1. The van der Waals surface area contributed by atoms with Gasteiger partial charge in [0.25, 0.3) is 5.91 Å². The summed E-state index contributed by atoms with van der Waals surface area (Å²) in [5.74, 6) is -0.696. The summed E-state index contributed by atoms with van der Waals surface area (Å²) in [6.07, 6.45) is 2.59. The maximum absolute atomic E-state index is 12.4. The maximum atomic E-state index is 12.4. The van der Waals surface area contributed by atoms with E-state index in [4.69, 9.17) is 9.26 Å². The number of carbonyl (C=O) groups is 2. The fourth-order valence-electron chi connectivity index (χ4n) is 4.48. The Morgan fingerprint density at radius 3 is 2.71 bits per heavy atom. The number of likely N-dealkylation sites (N-methyl/N-ethyl adjacent to an activating group) is 1. The van der Waals surface area contributed by atoms with Crippen molar-refractivity contribution in [2.75, 3.05) is 33.8 Å². The van der Waals surface area contributed by atoms with Crippen LogP contribution in [0.2, 0.25) is 0 Å². The molecule has 0 bridgehead atoms. The molecule has 0 unspecified atom stereocenters. The van der Waals surface area contributed by atoms with Gasteiger partial charge in [-0.1, -0.05) is 23.4 Å². The minimum Gasteiger partial charge on any atom is -0.464 e. The smallest absolute Gasteiger partial charge is 0.357 e. The molecule has 1 N–H and O–H groups in total. The van der Waals surface area contributed by atoms with Crippen LogP contribution in [0.5, 0.6) is 0 Å². The van der Waals surface area contributed by atoms with Crippen LogP contribution >= 0.6 is 11.3 Å². The number of esters is 1. The van der Waals surface area contributed by atoms with E-state index in [1.165, 1.54) is 23.3 Å². The van der Waals surface area contributed by atoms with Crippen LogP contribution < -0.4 is 0 Å². The number of rotatable bonds is 6. The zero-order valence-corrected chi connectivity index (χ0v) is 19.9. The molecule has 2 fully saturated rings. The molecule has 1 amide bonds. The number of ether oxygens (including phenoxy) is 1. The number of methoxy groups -OCH3 is 1. The number of nitrogens with zero attached hydrogens (tertiary/aromatic N) is 4. The van der Waals surface area contributed by atoms with E-state index in [0.29, 0.717) is 29.5 Å². The number of hydrogen-bond acceptors (Lipinski definition) is 9. The van der Waals surface area contributed by atoms with Crippen LogP contribution in [-0.4, -0.2) is 70.7 Å². The topological polar surface area (TPSA) is 109 Å². The third-order valence-corrected chi connectivity index (χ3v) is 7.56. The van der Waals surface area contributed by atoms with Gasteiger partial charge in [-0.25, -0.2) is 9.78 Å². The Labute approximate surface area is 200 Å². The van der Waals surface area contributed by atoms with Crippen molar-refractivity contribution >= 4 is 23.2 Å². The molecule has 2 aromatic heterocycles. The summed E-state index contributed by atoms with van der Waals surface area (Å²) >= 11 is 1.48. The normalized spacial score (nSPS) is 20.9. The number of likely N-dealkylation sites (tertiary alicyclic amines) is 2. The highest BCUT2D eigenvalue weighted by Crippen LogP contribution is 2.36. The second-order valence-corrected chi connectivity index (χ2v) is 9.84. The number of thiazole rings is 1. The second-order valence-electron chi connectivity index (χ2n) is 8.76. The third kappa shape index (κ3) is 4.02. The van der Waals surface area contributed by atoms with E-state index in [2.05, 4.69) is 15.0 Å². The van der Waals surface area contributed by atoms with Crippen LogP contribution in [0.1, 0.15) is 40.4 Å². The number of benzene rings is 1. The van der Waals surface area contributed by atoms with Crippen LogP contribution in [-0.2, 0) is 21.7 Å². The lowest BCUT2D eigenvalue weighted by Crippen LogP contribution is -2.35. The molecule has 2 aliphatic heterocycles. The molecule has 1 atom stereocenters. The first-order valence-corrected chi connectivity index (χ1v) is 12.1. The lowest BCUT2D eigenvalue weighted by atomic mass is 9.98. The molecule has 4 heterocycles. The van der Waals surface area contributed by atoms with Gasteiger partial charge in [0.1, 0.15) is 10.7 Å². The standard InChI is InChI=1S/C24H26N4O5S/c1-27-11-8-24(31,23(27)30)19-13-17(26-33-19)15-6-5-7-16(12-15)21-25-20(22(29)32-2)18(34-21)14-28-9-3-4-10-28/h5-7,12-13,31H,3-4,8-11,14H2,1-2H3/t24-/m1/s1. The predicted octanol–water partition coefficient (Wildman–Crippen LogP) is 2.90. The van der Waals surface area contributed by atoms with E-state index >= 15 is 0 Å². The quantitative estimate of drug-likeness (QED) is 0.534. The summed E-state index contributed by atoms with van der Waals surface area (Å²) < 4.78 is 10.4. The first kappa shape index (κ1) is 22.7. The van der Waals surface area contributed by atoms with Crippen LogP contribution in [0, 0.1) is 0 Å². The molecule has 1 aromatic carbocycles. The van der Waals surface area contributed by atoms with Gasteiger partial charge in [0.15, 0.2) is 11.5 Å². The molecule has 2 saturated heterocycles. The zero-order valence-electron chi connectivity index (χ0n) is 19.1. The van der Waals surface area contributed by atoms with Gasteiger partial charge in [-0.05, 0) is 32.0 Å². The Morgan fingerprint density at radius 2 is 2.00 bits per heavy atom.